The maximum atomic E-state index is 13.9. The Morgan fingerprint density at radius 2 is 1.95 bits per heavy atom. The summed E-state index contributed by atoms with van der Waals surface area (Å²) in [5.74, 6) is -0.552. The van der Waals surface area contributed by atoms with Crippen LogP contribution in [0.1, 0.15) is 54.2 Å². The van der Waals surface area contributed by atoms with Crippen molar-refractivity contribution in [2.45, 2.75) is 26.8 Å². The summed E-state index contributed by atoms with van der Waals surface area (Å²) in [6.07, 6.45) is 1.63. The van der Waals surface area contributed by atoms with E-state index in [1.165, 1.54) is 12.0 Å². The molecule has 8 nitrogen and oxygen atoms in total. The van der Waals surface area contributed by atoms with Crippen LogP contribution in [0.2, 0.25) is 0 Å². The fraction of sp³-hybridized carbons (Fsp3) is 0.214. The number of nitrogens with zero attached hydrogens (tertiary/aromatic N) is 2. The molecule has 5 rings (SSSR count). The van der Waals surface area contributed by atoms with Crippen LogP contribution in [0.5, 0.6) is 5.75 Å². The first-order valence-electron chi connectivity index (χ1n) is 11.6. The number of methoxy groups -OCH3 is 1. The molecule has 0 N–H and O–H groups in total. The number of thiazole rings is 1. The number of rotatable bonds is 6. The van der Waals surface area contributed by atoms with E-state index >= 15 is 0 Å². The Bertz CT molecular complexity index is 1650. The van der Waals surface area contributed by atoms with Gasteiger partial charge >= 0.3 is 5.97 Å². The number of amides is 1. The van der Waals surface area contributed by atoms with Gasteiger partial charge < -0.3 is 13.9 Å². The van der Waals surface area contributed by atoms with Crippen LogP contribution in [0.15, 0.2) is 58.3 Å². The number of hydrogen-bond donors (Lipinski definition) is 0. The first-order valence-corrected chi connectivity index (χ1v) is 12.4. The van der Waals surface area contributed by atoms with Crippen molar-refractivity contribution in [1.82, 2.24) is 4.98 Å². The average molecular weight is 517 g/mol. The van der Waals surface area contributed by atoms with Crippen LogP contribution in [0.4, 0.5) is 5.13 Å². The van der Waals surface area contributed by atoms with Gasteiger partial charge in [0.15, 0.2) is 10.6 Å². The number of fused-ring (bicyclic) bond motifs is 2. The van der Waals surface area contributed by atoms with Crippen LogP contribution in [-0.2, 0) is 4.74 Å². The third-order valence-corrected chi connectivity index (χ3v) is 7.53. The summed E-state index contributed by atoms with van der Waals surface area (Å²) in [4.78, 5) is 46.2. The molecule has 2 aromatic carbocycles. The van der Waals surface area contributed by atoms with E-state index in [-0.39, 0.29) is 26.8 Å². The summed E-state index contributed by atoms with van der Waals surface area (Å²) in [7, 11) is 1.29. The van der Waals surface area contributed by atoms with Gasteiger partial charge in [0.05, 0.1) is 29.8 Å². The molecule has 0 bridgehead atoms. The van der Waals surface area contributed by atoms with Crippen molar-refractivity contribution in [2.24, 2.45) is 0 Å². The van der Waals surface area contributed by atoms with E-state index in [1.807, 2.05) is 19.9 Å². The SMILES string of the molecule is C=CCOc1cccc(C2c3c(oc4cc(C)c(C)cc4c3=O)C(=O)N2c2nc(C)c(C(=O)OC)s2)c1. The zero-order chi connectivity index (χ0) is 26.4. The molecule has 3 heterocycles. The highest BCUT2D eigenvalue weighted by Gasteiger charge is 2.45. The zero-order valence-electron chi connectivity index (χ0n) is 20.8. The van der Waals surface area contributed by atoms with Gasteiger partial charge in [-0.2, -0.15) is 0 Å². The van der Waals surface area contributed by atoms with E-state index in [2.05, 4.69) is 11.6 Å². The third kappa shape index (κ3) is 4.01. The standard InChI is InChI=1S/C28H24N2O6S/c1-6-10-35-18-9-7-8-17(13-18)22-21-23(31)19-11-14(2)15(3)12-20(19)36-24(21)26(32)30(22)28-29-16(4)25(37-28)27(33)34-5/h6-9,11-13,22H,1,10H2,2-5H3. The molecule has 2 aromatic heterocycles. The first kappa shape index (κ1) is 24.5. The van der Waals surface area contributed by atoms with Crippen molar-refractivity contribution in [3.8, 4) is 5.75 Å². The van der Waals surface area contributed by atoms with Crippen LogP contribution >= 0.6 is 11.3 Å². The largest absolute Gasteiger partial charge is 0.490 e. The summed E-state index contributed by atoms with van der Waals surface area (Å²) in [5, 5.41) is 0.652. The van der Waals surface area contributed by atoms with Crippen molar-refractivity contribution in [2.75, 3.05) is 18.6 Å². The van der Waals surface area contributed by atoms with Gasteiger partial charge in [0, 0.05) is 0 Å². The molecule has 0 fully saturated rings. The Morgan fingerprint density at radius 1 is 1.19 bits per heavy atom. The minimum absolute atomic E-state index is 0.0457. The van der Waals surface area contributed by atoms with Crippen LogP contribution < -0.4 is 15.1 Å². The predicted molar refractivity (Wildman–Crippen MR) is 141 cm³/mol. The zero-order valence-corrected chi connectivity index (χ0v) is 21.6. The maximum absolute atomic E-state index is 13.9. The Labute approximate surface area is 216 Å². The summed E-state index contributed by atoms with van der Waals surface area (Å²) in [6.45, 7) is 9.48. The molecule has 1 unspecified atom stereocenters. The third-order valence-electron chi connectivity index (χ3n) is 6.39. The summed E-state index contributed by atoms with van der Waals surface area (Å²) < 4.78 is 16.7. The number of aromatic nitrogens is 1. The highest BCUT2D eigenvalue weighted by atomic mass is 32.1. The average Bonchev–Trinajstić information content (AvgIpc) is 3.41. The summed E-state index contributed by atoms with van der Waals surface area (Å²) >= 11 is 1.03. The number of benzene rings is 2. The number of carbonyl (C=O) groups excluding carboxylic acids is 2. The van der Waals surface area contributed by atoms with E-state index < -0.39 is 17.9 Å². The Kier molecular flexibility index (Phi) is 6.16. The fourth-order valence-corrected chi connectivity index (χ4v) is 5.45. The predicted octanol–water partition coefficient (Wildman–Crippen LogP) is 5.28. The molecule has 9 heteroatoms. The highest BCUT2D eigenvalue weighted by Crippen LogP contribution is 2.43. The van der Waals surface area contributed by atoms with E-state index in [9.17, 15) is 14.4 Å². The van der Waals surface area contributed by atoms with E-state index in [0.29, 0.717) is 34.6 Å². The van der Waals surface area contributed by atoms with Crippen LogP contribution in [0.3, 0.4) is 0 Å². The van der Waals surface area contributed by atoms with Crippen LogP contribution in [0, 0.1) is 20.8 Å². The minimum atomic E-state index is -0.840. The lowest BCUT2D eigenvalue weighted by Crippen LogP contribution is -2.29. The van der Waals surface area contributed by atoms with Gasteiger partial charge in [-0.1, -0.05) is 36.1 Å². The summed E-state index contributed by atoms with van der Waals surface area (Å²) in [6, 6.07) is 9.87. The second kappa shape index (κ2) is 9.33. The minimum Gasteiger partial charge on any atom is -0.490 e. The molecule has 0 saturated heterocycles. The molecule has 1 atom stereocenters. The number of esters is 1. The van der Waals surface area contributed by atoms with Crippen molar-refractivity contribution in [1.29, 1.82) is 0 Å². The number of ether oxygens (including phenoxy) is 2. The van der Waals surface area contributed by atoms with Crippen molar-refractivity contribution in [3.63, 3.8) is 0 Å². The maximum Gasteiger partial charge on any atom is 0.350 e. The van der Waals surface area contributed by atoms with E-state index in [1.54, 1.807) is 43.3 Å². The number of carbonyl (C=O) groups is 2. The van der Waals surface area contributed by atoms with Gasteiger partial charge in [-0.25, -0.2) is 9.78 Å². The molecule has 0 saturated carbocycles. The topological polar surface area (TPSA) is 98.9 Å². The monoisotopic (exact) mass is 516 g/mol. The van der Waals surface area contributed by atoms with Crippen LogP contribution in [0.25, 0.3) is 11.0 Å². The van der Waals surface area contributed by atoms with Crippen molar-refractivity contribution < 1.29 is 23.5 Å². The number of aryl methyl sites for hydroxylation is 3. The van der Waals surface area contributed by atoms with Gasteiger partial charge in [0.2, 0.25) is 5.76 Å². The van der Waals surface area contributed by atoms with Gasteiger partial charge in [-0.05, 0) is 61.7 Å². The second-order valence-corrected chi connectivity index (χ2v) is 9.74. The molecule has 37 heavy (non-hydrogen) atoms. The molecule has 0 spiro atoms. The molecule has 1 aliphatic heterocycles. The normalized spacial score (nSPS) is 14.6. The van der Waals surface area contributed by atoms with Crippen molar-refractivity contribution >= 4 is 39.3 Å². The fourth-order valence-electron chi connectivity index (χ4n) is 4.44. The summed E-state index contributed by atoms with van der Waals surface area (Å²) in [5.41, 5.74) is 3.21. The van der Waals surface area contributed by atoms with Crippen LogP contribution in [-0.4, -0.2) is 30.6 Å². The van der Waals surface area contributed by atoms with E-state index in [4.69, 9.17) is 13.9 Å². The van der Waals surface area contributed by atoms with Gasteiger partial charge in [-0.15, -0.1) is 0 Å². The lowest BCUT2D eigenvalue weighted by atomic mass is 9.97. The molecule has 0 radical (unpaired) electrons. The number of anilines is 1. The molecule has 1 aliphatic rings. The molecule has 4 aromatic rings. The smallest absolute Gasteiger partial charge is 0.350 e. The Balaban J connectivity index is 1.77. The molecule has 188 valence electrons. The second-order valence-electron chi connectivity index (χ2n) is 8.76. The Morgan fingerprint density at radius 3 is 2.68 bits per heavy atom. The quantitative estimate of drug-likeness (QED) is 0.254. The molecule has 0 aliphatic carbocycles. The molecular weight excluding hydrogens is 492 g/mol. The first-order chi connectivity index (χ1) is 17.7. The Hall–Kier alpha value is -4.24. The van der Waals surface area contributed by atoms with E-state index in [0.717, 1.165) is 22.5 Å². The lowest BCUT2D eigenvalue weighted by Gasteiger charge is -2.23. The molecule has 1 amide bonds. The lowest BCUT2D eigenvalue weighted by molar-refractivity contribution is 0.0605. The molecular formula is C28H24N2O6S. The number of hydrogen-bond acceptors (Lipinski definition) is 8. The van der Waals surface area contributed by atoms with Crippen molar-refractivity contribution in [3.05, 3.63) is 97.9 Å². The van der Waals surface area contributed by atoms with Gasteiger partial charge in [0.25, 0.3) is 5.91 Å². The highest BCUT2D eigenvalue weighted by molar-refractivity contribution is 7.17. The van der Waals surface area contributed by atoms with Gasteiger partial charge in [-0.3, -0.25) is 14.5 Å². The van der Waals surface area contributed by atoms with Gasteiger partial charge in [0.1, 0.15) is 22.8 Å².